The maximum atomic E-state index is 11.9. The third-order valence-corrected chi connectivity index (χ3v) is 4.64. The monoisotopic (exact) mass is 252 g/mol. The van der Waals surface area contributed by atoms with Crippen molar-refractivity contribution in [2.75, 3.05) is 0 Å². The van der Waals surface area contributed by atoms with Crippen molar-refractivity contribution in [3.8, 4) is 0 Å². The van der Waals surface area contributed by atoms with Gasteiger partial charge in [0.05, 0.1) is 0 Å². The van der Waals surface area contributed by atoms with Crippen molar-refractivity contribution in [3.05, 3.63) is 12.2 Å². The standard InChI is InChI=1S/C16H28O2/c1-7-13-9-12(5)10-14(8-2)16(13,6)18-15(17)11(3)4/h12-14H,3,7-10H2,1-2,4-6H3. The van der Waals surface area contributed by atoms with Gasteiger partial charge in [-0.25, -0.2) is 4.79 Å². The maximum Gasteiger partial charge on any atom is 0.333 e. The molecule has 0 spiro atoms. The Morgan fingerprint density at radius 2 is 1.72 bits per heavy atom. The number of esters is 1. The van der Waals surface area contributed by atoms with E-state index in [1.165, 1.54) is 0 Å². The van der Waals surface area contributed by atoms with Gasteiger partial charge in [-0.2, -0.15) is 0 Å². The van der Waals surface area contributed by atoms with E-state index in [9.17, 15) is 4.79 Å². The molecule has 0 aromatic carbocycles. The Labute approximate surface area is 112 Å². The number of ether oxygens (including phenoxy) is 1. The van der Waals surface area contributed by atoms with Crippen LogP contribution in [0.3, 0.4) is 0 Å². The van der Waals surface area contributed by atoms with Gasteiger partial charge in [-0.05, 0) is 57.3 Å². The van der Waals surface area contributed by atoms with Crippen LogP contribution in [0.5, 0.6) is 0 Å². The highest BCUT2D eigenvalue weighted by Gasteiger charge is 2.47. The number of carbonyl (C=O) groups is 1. The summed E-state index contributed by atoms with van der Waals surface area (Å²) in [5, 5.41) is 0. The second-order valence-electron chi connectivity index (χ2n) is 6.14. The fraction of sp³-hybridized carbons (Fsp3) is 0.812. The molecule has 0 radical (unpaired) electrons. The van der Waals surface area contributed by atoms with Crippen LogP contribution in [0.15, 0.2) is 12.2 Å². The van der Waals surface area contributed by atoms with E-state index < -0.39 is 0 Å². The summed E-state index contributed by atoms with van der Waals surface area (Å²) in [5.41, 5.74) is 0.186. The second-order valence-corrected chi connectivity index (χ2v) is 6.14. The summed E-state index contributed by atoms with van der Waals surface area (Å²) in [5.74, 6) is 1.43. The fourth-order valence-corrected chi connectivity index (χ4v) is 3.47. The summed E-state index contributed by atoms with van der Waals surface area (Å²) in [6.07, 6.45) is 4.46. The molecule has 0 amide bonds. The van der Waals surface area contributed by atoms with E-state index in [1.54, 1.807) is 6.92 Å². The molecule has 18 heavy (non-hydrogen) atoms. The average molecular weight is 252 g/mol. The second kappa shape index (κ2) is 5.90. The normalized spacial score (nSPS) is 36.2. The minimum Gasteiger partial charge on any atom is -0.455 e. The number of hydrogen-bond donors (Lipinski definition) is 0. The van der Waals surface area contributed by atoms with Crippen molar-refractivity contribution < 1.29 is 9.53 Å². The van der Waals surface area contributed by atoms with Gasteiger partial charge in [-0.15, -0.1) is 0 Å². The van der Waals surface area contributed by atoms with E-state index in [0.29, 0.717) is 17.4 Å². The number of rotatable bonds is 4. The smallest absolute Gasteiger partial charge is 0.333 e. The number of carbonyl (C=O) groups excluding carboxylic acids is 1. The summed E-state index contributed by atoms with van der Waals surface area (Å²) in [7, 11) is 0. The molecule has 104 valence electrons. The first-order chi connectivity index (χ1) is 8.35. The molecule has 0 aromatic rings. The van der Waals surface area contributed by atoms with Gasteiger partial charge in [-0.1, -0.05) is 27.4 Å². The quantitative estimate of drug-likeness (QED) is 0.549. The lowest BCUT2D eigenvalue weighted by atomic mass is 9.64. The molecule has 1 aliphatic carbocycles. The van der Waals surface area contributed by atoms with Gasteiger partial charge in [0.2, 0.25) is 0 Å². The van der Waals surface area contributed by atoms with Crippen LogP contribution in [0.25, 0.3) is 0 Å². The Kier molecular flexibility index (Phi) is 5.01. The van der Waals surface area contributed by atoms with Crippen LogP contribution in [0, 0.1) is 17.8 Å². The molecule has 0 heterocycles. The topological polar surface area (TPSA) is 26.3 Å². The lowest BCUT2D eigenvalue weighted by molar-refractivity contribution is -0.176. The highest BCUT2D eigenvalue weighted by molar-refractivity contribution is 5.87. The lowest BCUT2D eigenvalue weighted by Gasteiger charge is -2.48. The Bertz CT molecular complexity index is 305. The van der Waals surface area contributed by atoms with Crippen LogP contribution in [0.2, 0.25) is 0 Å². The van der Waals surface area contributed by atoms with Gasteiger partial charge in [0, 0.05) is 5.57 Å². The maximum absolute atomic E-state index is 11.9. The van der Waals surface area contributed by atoms with E-state index in [1.807, 2.05) is 0 Å². The summed E-state index contributed by atoms with van der Waals surface area (Å²) < 4.78 is 5.86. The molecule has 1 aliphatic rings. The van der Waals surface area contributed by atoms with Crippen molar-refractivity contribution in [3.63, 3.8) is 0 Å². The van der Waals surface area contributed by atoms with Gasteiger partial charge in [0.25, 0.3) is 0 Å². The first-order valence-electron chi connectivity index (χ1n) is 7.23. The van der Waals surface area contributed by atoms with E-state index in [0.717, 1.165) is 31.6 Å². The van der Waals surface area contributed by atoms with Crippen molar-refractivity contribution in [2.45, 2.75) is 65.9 Å². The van der Waals surface area contributed by atoms with Gasteiger partial charge in [0.1, 0.15) is 5.60 Å². The lowest BCUT2D eigenvalue weighted by Crippen LogP contribution is -2.50. The van der Waals surface area contributed by atoms with Crippen LogP contribution in [0.1, 0.15) is 60.3 Å². The summed E-state index contributed by atoms with van der Waals surface area (Å²) in [6, 6.07) is 0. The average Bonchev–Trinajstić information content (AvgIpc) is 2.31. The highest BCUT2D eigenvalue weighted by Crippen LogP contribution is 2.46. The molecule has 2 heteroatoms. The highest BCUT2D eigenvalue weighted by atomic mass is 16.6. The van der Waals surface area contributed by atoms with E-state index in [-0.39, 0.29) is 11.6 Å². The van der Waals surface area contributed by atoms with Crippen molar-refractivity contribution >= 4 is 5.97 Å². The van der Waals surface area contributed by atoms with Crippen LogP contribution in [0.4, 0.5) is 0 Å². The minimum absolute atomic E-state index is 0.232. The Morgan fingerprint density at radius 1 is 1.28 bits per heavy atom. The van der Waals surface area contributed by atoms with Crippen molar-refractivity contribution in [2.24, 2.45) is 17.8 Å². The van der Waals surface area contributed by atoms with Gasteiger partial charge >= 0.3 is 5.97 Å². The predicted octanol–water partition coefficient (Wildman–Crippen LogP) is 4.35. The third kappa shape index (κ3) is 2.96. The molecule has 0 N–H and O–H groups in total. The van der Waals surface area contributed by atoms with Gasteiger partial charge < -0.3 is 4.74 Å². The molecule has 2 atom stereocenters. The molecule has 0 aliphatic heterocycles. The van der Waals surface area contributed by atoms with E-state index >= 15 is 0 Å². The zero-order chi connectivity index (χ0) is 13.9. The van der Waals surface area contributed by atoms with E-state index in [4.69, 9.17) is 4.74 Å². The fourth-order valence-electron chi connectivity index (χ4n) is 3.47. The molecule has 1 saturated carbocycles. The van der Waals surface area contributed by atoms with Crippen molar-refractivity contribution in [1.29, 1.82) is 0 Å². The van der Waals surface area contributed by atoms with Gasteiger partial charge in [-0.3, -0.25) is 0 Å². The molecule has 1 rings (SSSR count). The molecule has 0 bridgehead atoms. The zero-order valence-electron chi connectivity index (χ0n) is 12.6. The first-order valence-corrected chi connectivity index (χ1v) is 7.23. The summed E-state index contributed by atoms with van der Waals surface area (Å²) in [6.45, 7) is 14.2. The van der Waals surface area contributed by atoms with Crippen LogP contribution in [-0.2, 0) is 9.53 Å². The number of hydrogen-bond acceptors (Lipinski definition) is 2. The van der Waals surface area contributed by atoms with Crippen LogP contribution in [-0.4, -0.2) is 11.6 Å². The van der Waals surface area contributed by atoms with Gasteiger partial charge in [0.15, 0.2) is 0 Å². The zero-order valence-corrected chi connectivity index (χ0v) is 12.6. The van der Waals surface area contributed by atoms with E-state index in [2.05, 4.69) is 34.3 Å². The Morgan fingerprint density at radius 3 is 2.06 bits per heavy atom. The molecule has 2 unspecified atom stereocenters. The summed E-state index contributed by atoms with van der Waals surface area (Å²) >= 11 is 0. The minimum atomic E-state index is -0.313. The molecule has 1 fully saturated rings. The molecule has 2 nitrogen and oxygen atoms in total. The Hall–Kier alpha value is -0.790. The molecule has 0 saturated heterocycles. The van der Waals surface area contributed by atoms with Crippen LogP contribution < -0.4 is 0 Å². The first kappa shape index (κ1) is 15.3. The third-order valence-electron chi connectivity index (χ3n) is 4.64. The molecular weight excluding hydrogens is 224 g/mol. The largest absolute Gasteiger partial charge is 0.455 e. The SMILES string of the molecule is C=C(C)C(=O)OC1(C)C(CC)CC(C)CC1CC. The molecule has 0 aromatic heterocycles. The van der Waals surface area contributed by atoms with Crippen molar-refractivity contribution in [1.82, 2.24) is 0 Å². The Balaban J connectivity index is 2.96. The van der Waals surface area contributed by atoms with Crippen LogP contribution >= 0.6 is 0 Å². The molecular formula is C16H28O2. The summed E-state index contributed by atoms with van der Waals surface area (Å²) in [4.78, 5) is 11.9. The predicted molar refractivity (Wildman–Crippen MR) is 75.3 cm³/mol.